The van der Waals surface area contributed by atoms with Crippen LogP contribution >= 0.6 is 15.9 Å². The fourth-order valence-electron chi connectivity index (χ4n) is 2.00. The van der Waals surface area contributed by atoms with Crippen LogP contribution in [0.1, 0.15) is 25.5 Å². The van der Waals surface area contributed by atoms with Gasteiger partial charge < -0.3 is 15.1 Å². The van der Waals surface area contributed by atoms with E-state index in [1.54, 1.807) is 0 Å². The quantitative estimate of drug-likeness (QED) is 0.830. The summed E-state index contributed by atoms with van der Waals surface area (Å²) in [5, 5.41) is 3.44. The molecule has 0 heterocycles. The molecule has 0 saturated carbocycles. The van der Waals surface area contributed by atoms with Gasteiger partial charge in [0, 0.05) is 36.3 Å². The van der Waals surface area contributed by atoms with Crippen LogP contribution in [0, 0.1) is 0 Å². The second-order valence-electron chi connectivity index (χ2n) is 5.21. The van der Waals surface area contributed by atoms with Crippen LogP contribution in [0.5, 0.6) is 0 Å². The van der Waals surface area contributed by atoms with Gasteiger partial charge in [0.15, 0.2) is 0 Å². The second-order valence-corrected chi connectivity index (χ2v) is 6.06. The maximum atomic E-state index is 3.69. The molecule has 0 aliphatic heterocycles. The zero-order chi connectivity index (χ0) is 14.4. The molecule has 3 nitrogen and oxygen atoms in total. The summed E-state index contributed by atoms with van der Waals surface area (Å²) in [5.74, 6) is 0. The van der Waals surface area contributed by atoms with Crippen LogP contribution in [-0.2, 0) is 0 Å². The van der Waals surface area contributed by atoms with Crippen molar-refractivity contribution in [1.29, 1.82) is 0 Å². The predicted octanol–water partition coefficient (Wildman–Crippen LogP) is 3.12. The number of hydrogen-bond acceptors (Lipinski definition) is 3. The van der Waals surface area contributed by atoms with Crippen LogP contribution in [0.2, 0.25) is 0 Å². The topological polar surface area (TPSA) is 18.5 Å². The minimum Gasteiger partial charge on any atom is -0.373 e. The summed E-state index contributed by atoms with van der Waals surface area (Å²) in [6.07, 6.45) is 0. The van der Waals surface area contributed by atoms with Crippen LogP contribution in [0.15, 0.2) is 22.7 Å². The summed E-state index contributed by atoms with van der Waals surface area (Å²) in [4.78, 5) is 4.49. The number of rotatable bonds is 7. The van der Waals surface area contributed by atoms with E-state index in [-0.39, 0.29) is 0 Å². The molecule has 0 aromatic heterocycles. The van der Waals surface area contributed by atoms with Gasteiger partial charge in [-0.2, -0.15) is 0 Å². The van der Waals surface area contributed by atoms with Crippen molar-refractivity contribution in [2.45, 2.75) is 19.9 Å². The molecule has 0 radical (unpaired) electrons. The van der Waals surface area contributed by atoms with E-state index in [1.165, 1.54) is 15.7 Å². The number of likely N-dealkylation sites (N-methyl/N-ethyl adjacent to an activating group) is 2. The lowest BCUT2D eigenvalue weighted by atomic mass is 10.1. The van der Waals surface area contributed by atoms with E-state index in [2.05, 4.69) is 84.2 Å². The van der Waals surface area contributed by atoms with Crippen LogP contribution in [-0.4, -0.2) is 45.7 Å². The molecule has 1 atom stereocenters. The first-order valence-corrected chi connectivity index (χ1v) is 7.63. The zero-order valence-corrected chi connectivity index (χ0v) is 14.3. The van der Waals surface area contributed by atoms with Crippen molar-refractivity contribution in [1.82, 2.24) is 10.2 Å². The van der Waals surface area contributed by atoms with Crippen LogP contribution in [0.25, 0.3) is 0 Å². The first-order chi connectivity index (χ1) is 8.95. The molecule has 1 N–H and O–H groups in total. The Balaban J connectivity index is 2.75. The second kappa shape index (κ2) is 7.88. The molecule has 1 rings (SSSR count). The van der Waals surface area contributed by atoms with E-state index < -0.39 is 0 Å². The summed E-state index contributed by atoms with van der Waals surface area (Å²) in [5.41, 5.74) is 2.56. The minimum absolute atomic E-state index is 0.375. The monoisotopic (exact) mass is 327 g/mol. The van der Waals surface area contributed by atoms with Crippen LogP contribution < -0.4 is 10.2 Å². The van der Waals surface area contributed by atoms with Gasteiger partial charge in [-0.05, 0) is 45.3 Å². The average molecular weight is 328 g/mol. The van der Waals surface area contributed by atoms with Crippen molar-refractivity contribution in [3.63, 3.8) is 0 Å². The van der Waals surface area contributed by atoms with Gasteiger partial charge >= 0.3 is 0 Å². The Morgan fingerprint density at radius 3 is 2.42 bits per heavy atom. The first-order valence-electron chi connectivity index (χ1n) is 6.84. The molecule has 4 heteroatoms. The third kappa shape index (κ3) is 5.13. The van der Waals surface area contributed by atoms with Crippen LogP contribution in [0.3, 0.4) is 0 Å². The number of halogens is 1. The Bertz CT molecular complexity index is 393. The van der Waals surface area contributed by atoms with Crippen molar-refractivity contribution in [2.75, 3.05) is 45.7 Å². The van der Waals surface area contributed by atoms with E-state index in [4.69, 9.17) is 0 Å². The van der Waals surface area contributed by atoms with Crippen molar-refractivity contribution in [3.05, 3.63) is 28.2 Å². The molecule has 1 unspecified atom stereocenters. The number of anilines is 1. The highest BCUT2D eigenvalue weighted by Crippen LogP contribution is 2.27. The highest BCUT2D eigenvalue weighted by Gasteiger charge is 2.10. The standard InChI is InChI=1S/C15H26BrN3/c1-6-17-12(2)14-8-7-13(11-15(14)16)19(5)10-9-18(3)4/h7-8,11-12,17H,6,9-10H2,1-5H3. The third-order valence-corrected chi connectivity index (χ3v) is 3.97. The summed E-state index contributed by atoms with van der Waals surface area (Å²) in [7, 11) is 6.34. The lowest BCUT2D eigenvalue weighted by Crippen LogP contribution is -2.28. The molecule has 0 saturated heterocycles. The van der Waals surface area contributed by atoms with Gasteiger partial charge in [-0.3, -0.25) is 0 Å². The van der Waals surface area contributed by atoms with E-state index in [0.29, 0.717) is 6.04 Å². The molecule has 19 heavy (non-hydrogen) atoms. The molecule has 108 valence electrons. The first kappa shape index (κ1) is 16.5. The summed E-state index contributed by atoms with van der Waals surface area (Å²) in [6.45, 7) is 7.40. The van der Waals surface area contributed by atoms with E-state index in [1.807, 2.05) is 0 Å². The molecule has 0 fully saturated rings. The number of benzene rings is 1. The fourth-order valence-corrected chi connectivity index (χ4v) is 2.71. The molecule has 1 aromatic rings. The van der Waals surface area contributed by atoms with Gasteiger partial charge in [0.2, 0.25) is 0 Å². The molecule has 0 amide bonds. The highest BCUT2D eigenvalue weighted by molar-refractivity contribution is 9.10. The van der Waals surface area contributed by atoms with Gasteiger partial charge in [-0.1, -0.05) is 28.9 Å². The molecular formula is C15H26BrN3. The highest BCUT2D eigenvalue weighted by atomic mass is 79.9. The average Bonchev–Trinajstić information content (AvgIpc) is 2.35. The molecule has 1 aromatic carbocycles. The number of nitrogens with one attached hydrogen (secondary N) is 1. The van der Waals surface area contributed by atoms with E-state index in [0.717, 1.165) is 19.6 Å². The van der Waals surface area contributed by atoms with Crippen molar-refractivity contribution >= 4 is 21.6 Å². The zero-order valence-electron chi connectivity index (χ0n) is 12.7. The third-order valence-electron chi connectivity index (χ3n) is 3.28. The Kier molecular flexibility index (Phi) is 6.83. The lowest BCUT2D eigenvalue weighted by Gasteiger charge is -2.23. The molecular weight excluding hydrogens is 302 g/mol. The predicted molar refractivity (Wildman–Crippen MR) is 88.1 cm³/mol. The Labute approximate surface area is 126 Å². The summed E-state index contributed by atoms with van der Waals surface area (Å²) < 4.78 is 1.18. The van der Waals surface area contributed by atoms with Gasteiger partial charge in [0.25, 0.3) is 0 Å². The largest absolute Gasteiger partial charge is 0.373 e. The molecule has 0 spiro atoms. The van der Waals surface area contributed by atoms with Gasteiger partial charge in [0.1, 0.15) is 0 Å². The minimum atomic E-state index is 0.375. The summed E-state index contributed by atoms with van der Waals surface area (Å²) >= 11 is 3.69. The number of nitrogens with zero attached hydrogens (tertiary/aromatic N) is 2. The smallest absolute Gasteiger partial charge is 0.0375 e. The maximum Gasteiger partial charge on any atom is 0.0375 e. The Morgan fingerprint density at radius 1 is 1.21 bits per heavy atom. The van der Waals surface area contributed by atoms with E-state index >= 15 is 0 Å². The van der Waals surface area contributed by atoms with Crippen LogP contribution in [0.4, 0.5) is 5.69 Å². The van der Waals surface area contributed by atoms with Crippen molar-refractivity contribution in [2.24, 2.45) is 0 Å². The van der Waals surface area contributed by atoms with Crippen molar-refractivity contribution < 1.29 is 0 Å². The summed E-state index contributed by atoms with van der Waals surface area (Å²) in [6, 6.07) is 6.99. The van der Waals surface area contributed by atoms with Crippen molar-refractivity contribution in [3.8, 4) is 0 Å². The SMILES string of the molecule is CCNC(C)c1ccc(N(C)CCN(C)C)cc1Br. The molecule has 0 bridgehead atoms. The molecule has 0 aliphatic rings. The maximum absolute atomic E-state index is 3.69. The molecule has 0 aliphatic carbocycles. The van der Waals surface area contributed by atoms with Gasteiger partial charge in [-0.15, -0.1) is 0 Å². The Morgan fingerprint density at radius 2 is 1.89 bits per heavy atom. The fraction of sp³-hybridized carbons (Fsp3) is 0.600. The Hall–Kier alpha value is -0.580. The normalized spacial score (nSPS) is 12.8. The van der Waals surface area contributed by atoms with E-state index in [9.17, 15) is 0 Å². The van der Waals surface area contributed by atoms with Gasteiger partial charge in [-0.25, -0.2) is 0 Å². The lowest BCUT2D eigenvalue weighted by molar-refractivity contribution is 0.416. The van der Waals surface area contributed by atoms with Gasteiger partial charge in [0.05, 0.1) is 0 Å². The number of hydrogen-bond donors (Lipinski definition) is 1.